The van der Waals surface area contributed by atoms with Crippen LogP contribution >= 0.6 is 27.5 Å². The molecule has 0 aliphatic rings. The van der Waals surface area contributed by atoms with Gasteiger partial charge in [0.15, 0.2) is 5.82 Å². The lowest BCUT2D eigenvalue weighted by Crippen LogP contribution is -2.32. The Bertz CT molecular complexity index is 456. The Labute approximate surface area is 117 Å². The van der Waals surface area contributed by atoms with E-state index in [2.05, 4.69) is 36.5 Å². The topological polar surface area (TPSA) is 80.3 Å². The molecule has 0 spiro atoms. The van der Waals surface area contributed by atoms with Crippen LogP contribution in [0.2, 0.25) is 5.02 Å². The molecule has 2 N–H and O–H groups in total. The van der Waals surface area contributed by atoms with E-state index in [0.717, 1.165) is 4.47 Å². The smallest absolute Gasteiger partial charge is 0.315 e. The molecule has 1 aromatic rings. The largest absolute Gasteiger partial charge is 0.466 e. The van der Waals surface area contributed by atoms with Gasteiger partial charge in [0.1, 0.15) is 6.42 Å². The maximum absolute atomic E-state index is 11.3. The van der Waals surface area contributed by atoms with E-state index >= 15 is 0 Å². The van der Waals surface area contributed by atoms with Gasteiger partial charge >= 0.3 is 5.97 Å². The van der Waals surface area contributed by atoms with E-state index in [1.54, 1.807) is 13.0 Å². The van der Waals surface area contributed by atoms with Gasteiger partial charge in [0.05, 0.1) is 11.6 Å². The minimum absolute atomic E-state index is 0.236. The summed E-state index contributed by atoms with van der Waals surface area (Å²) in [5.74, 6) is -0.835. The number of esters is 1. The number of amides is 1. The second-order valence-electron chi connectivity index (χ2n) is 3.14. The predicted molar refractivity (Wildman–Crippen MR) is 70.0 cm³/mol. The molecule has 18 heavy (non-hydrogen) atoms. The zero-order valence-corrected chi connectivity index (χ0v) is 11.8. The van der Waals surface area contributed by atoms with Crippen LogP contribution in [0.15, 0.2) is 16.7 Å². The minimum atomic E-state index is -0.591. The van der Waals surface area contributed by atoms with Gasteiger partial charge < -0.3 is 4.74 Å². The summed E-state index contributed by atoms with van der Waals surface area (Å²) in [6.45, 7) is 1.90. The first kappa shape index (κ1) is 14.7. The van der Waals surface area contributed by atoms with E-state index in [9.17, 15) is 9.59 Å². The van der Waals surface area contributed by atoms with Crippen LogP contribution in [0.4, 0.5) is 5.82 Å². The molecule has 0 bridgehead atoms. The molecule has 1 amide bonds. The van der Waals surface area contributed by atoms with Crippen molar-refractivity contribution in [2.45, 2.75) is 13.3 Å². The average molecular weight is 337 g/mol. The van der Waals surface area contributed by atoms with Crippen LogP contribution in [0.1, 0.15) is 13.3 Å². The zero-order valence-electron chi connectivity index (χ0n) is 9.50. The fourth-order valence-corrected chi connectivity index (χ4v) is 1.70. The van der Waals surface area contributed by atoms with Crippen molar-refractivity contribution in [3.63, 3.8) is 0 Å². The van der Waals surface area contributed by atoms with E-state index in [1.807, 2.05) is 0 Å². The van der Waals surface area contributed by atoms with Crippen LogP contribution < -0.4 is 10.9 Å². The summed E-state index contributed by atoms with van der Waals surface area (Å²) in [4.78, 5) is 26.3. The third-order valence-electron chi connectivity index (χ3n) is 1.74. The summed E-state index contributed by atoms with van der Waals surface area (Å²) in [7, 11) is 0. The minimum Gasteiger partial charge on any atom is -0.466 e. The summed E-state index contributed by atoms with van der Waals surface area (Å²) in [5.41, 5.74) is 4.81. The molecule has 1 rings (SSSR count). The molecule has 8 heteroatoms. The quantitative estimate of drug-likeness (QED) is 0.487. The highest BCUT2D eigenvalue weighted by molar-refractivity contribution is 9.10. The lowest BCUT2D eigenvalue weighted by atomic mass is 10.4. The number of nitrogens with zero attached hydrogens (tertiary/aromatic N) is 1. The van der Waals surface area contributed by atoms with Crippen molar-refractivity contribution < 1.29 is 14.3 Å². The Kier molecular flexibility index (Phi) is 5.87. The Hall–Kier alpha value is -1.34. The highest BCUT2D eigenvalue weighted by Crippen LogP contribution is 2.21. The molecular weight excluding hydrogens is 325 g/mol. The number of halogens is 2. The number of carbonyl (C=O) groups is 2. The Morgan fingerprint density at radius 2 is 2.28 bits per heavy atom. The monoisotopic (exact) mass is 335 g/mol. The lowest BCUT2D eigenvalue weighted by Gasteiger charge is -2.08. The first-order valence-corrected chi connectivity index (χ1v) is 6.21. The van der Waals surface area contributed by atoms with E-state index in [4.69, 9.17) is 11.6 Å². The van der Waals surface area contributed by atoms with Crippen molar-refractivity contribution in [3.8, 4) is 0 Å². The number of rotatable bonds is 5. The van der Waals surface area contributed by atoms with Crippen molar-refractivity contribution in [1.82, 2.24) is 10.4 Å². The number of anilines is 1. The van der Waals surface area contributed by atoms with Gasteiger partial charge in [-0.2, -0.15) is 0 Å². The van der Waals surface area contributed by atoms with Crippen molar-refractivity contribution in [3.05, 3.63) is 21.8 Å². The van der Waals surface area contributed by atoms with Crippen molar-refractivity contribution in [2.24, 2.45) is 0 Å². The maximum atomic E-state index is 11.3. The van der Waals surface area contributed by atoms with Gasteiger partial charge in [-0.1, -0.05) is 11.6 Å². The molecule has 0 aromatic carbocycles. The third kappa shape index (κ3) is 4.89. The van der Waals surface area contributed by atoms with Crippen LogP contribution in [0.25, 0.3) is 0 Å². The van der Waals surface area contributed by atoms with Crippen LogP contribution in [0, 0.1) is 0 Å². The van der Waals surface area contributed by atoms with E-state index < -0.39 is 11.9 Å². The second-order valence-corrected chi connectivity index (χ2v) is 4.46. The summed E-state index contributed by atoms with van der Waals surface area (Å²) >= 11 is 9.07. The number of nitrogens with one attached hydrogen (secondary N) is 2. The Morgan fingerprint density at radius 3 is 2.89 bits per heavy atom. The molecule has 0 aliphatic carbocycles. The van der Waals surface area contributed by atoms with Crippen molar-refractivity contribution in [1.29, 1.82) is 0 Å². The molecule has 0 saturated heterocycles. The van der Waals surface area contributed by atoms with Crippen LogP contribution in [0.5, 0.6) is 0 Å². The number of carbonyl (C=O) groups excluding carboxylic acids is 2. The highest BCUT2D eigenvalue weighted by atomic mass is 79.9. The summed E-state index contributed by atoms with van der Waals surface area (Å²) in [6.07, 6.45) is 1.15. The molecule has 1 aromatic heterocycles. The third-order valence-corrected chi connectivity index (χ3v) is 2.46. The maximum Gasteiger partial charge on any atom is 0.315 e. The standard InChI is InChI=1S/C10H11BrClN3O3/c1-2-18-9(17)4-8(16)14-15-10-7(12)3-6(11)5-13-10/h3,5H,2,4H2,1H3,(H,13,15)(H,14,16). The predicted octanol–water partition coefficient (Wildman–Crippen LogP) is 1.89. The molecule has 0 aliphatic heterocycles. The molecule has 0 radical (unpaired) electrons. The number of hydrogen-bond donors (Lipinski definition) is 2. The second kappa shape index (κ2) is 7.17. The zero-order chi connectivity index (χ0) is 13.5. The molecule has 6 nitrogen and oxygen atoms in total. The van der Waals surface area contributed by atoms with Crippen LogP contribution in [0.3, 0.4) is 0 Å². The van der Waals surface area contributed by atoms with Crippen LogP contribution in [-0.2, 0) is 14.3 Å². The summed E-state index contributed by atoms with van der Waals surface area (Å²) in [6, 6.07) is 1.62. The molecule has 0 saturated carbocycles. The summed E-state index contributed by atoms with van der Waals surface area (Å²) in [5, 5.41) is 0.334. The average Bonchev–Trinajstić information content (AvgIpc) is 2.28. The van der Waals surface area contributed by atoms with Gasteiger partial charge in [0.2, 0.25) is 5.91 Å². The van der Waals surface area contributed by atoms with Gasteiger partial charge in [-0.05, 0) is 28.9 Å². The fourth-order valence-electron chi connectivity index (χ4n) is 1.02. The van der Waals surface area contributed by atoms with Gasteiger partial charge in [-0.3, -0.25) is 20.4 Å². The molecule has 0 atom stereocenters. The van der Waals surface area contributed by atoms with E-state index in [-0.39, 0.29) is 18.8 Å². The lowest BCUT2D eigenvalue weighted by molar-refractivity contribution is -0.145. The molecule has 0 fully saturated rings. The fraction of sp³-hybridized carbons (Fsp3) is 0.300. The Morgan fingerprint density at radius 1 is 1.56 bits per heavy atom. The molecule has 1 heterocycles. The highest BCUT2D eigenvalue weighted by Gasteiger charge is 2.10. The molecular formula is C10H11BrClN3O3. The summed E-state index contributed by atoms with van der Waals surface area (Å²) < 4.78 is 5.35. The van der Waals surface area contributed by atoms with Gasteiger partial charge in [0.25, 0.3) is 0 Å². The van der Waals surface area contributed by atoms with Crippen molar-refractivity contribution >= 4 is 45.2 Å². The van der Waals surface area contributed by atoms with Gasteiger partial charge in [-0.15, -0.1) is 0 Å². The Balaban J connectivity index is 2.45. The van der Waals surface area contributed by atoms with Crippen LogP contribution in [-0.4, -0.2) is 23.5 Å². The molecule has 0 unspecified atom stereocenters. The molecule has 98 valence electrons. The van der Waals surface area contributed by atoms with Gasteiger partial charge in [-0.25, -0.2) is 4.98 Å². The SMILES string of the molecule is CCOC(=O)CC(=O)NNc1ncc(Br)cc1Cl. The first-order chi connectivity index (χ1) is 8.52. The number of hydrogen-bond acceptors (Lipinski definition) is 5. The number of pyridine rings is 1. The first-order valence-electron chi connectivity index (χ1n) is 5.04. The normalized spacial score (nSPS) is 9.72. The van der Waals surface area contributed by atoms with Gasteiger partial charge in [0, 0.05) is 10.7 Å². The number of hydrazine groups is 1. The van der Waals surface area contributed by atoms with Crippen molar-refractivity contribution in [2.75, 3.05) is 12.0 Å². The number of ether oxygens (including phenoxy) is 1. The van der Waals surface area contributed by atoms with E-state index in [0.29, 0.717) is 5.02 Å². The van der Waals surface area contributed by atoms with E-state index in [1.165, 1.54) is 6.20 Å². The number of aromatic nitrogens is 1.